The monoisotopic (exact) mass is 239 g/mol. The predicted molar refractivity (Wildman–Crippen MR) is 60.5 cm³/mol. The van der Waals surface area contributed by atoms with Gasteiger partial charge in [-0.05, 0) is 33.4 Å². The highest BCUT2D eigenvalue weighted by molar-refractivity contribution is 6.62. The molecule has 0 amide bonds. The zero-order valence-corrected chi connectivity index (χ0v) is 10.2. The van der Waals surface area contributed by atoms with Crippen LogP contribution in [0.2, 0.25) is 0 Å². The summed E-state index contributed by atoms with van der Waals surface area (Å²) in [6.45, 7) is 3.30. The molecule has 1 unspecified atom stereocenters. The second kappa shape index (κ2) is 6.27. The molecule has 1 atom stereocenters. The quantitative estimate of drug-likeness (QED) is 0.229. The van der Waals surface area contributed by atoms with E-state index in [-0.39, 0.29) is 12.5 Å². The SMILES string of the molecule is CCOC(=O)C(=[N+]=[N-])C(=O)C1CCCN(C)C1. The van der Waals surface area contributed by atoms with Crippen molar-refractivity contribution in [3.8, 4) is 0 Å². The molecule has 1 fully saturated rings. The van der Waals surface area contributed by atoms with Gasteiger partial charge in [-0.1, -0.05) is 0 Å². The van der Waals surface area contributed by atoms with Crippen LogP contribution in [0.15, 0.2) is 0 Å². The minimum absolute atomic E-state index is 0.149. The first-order valence-electron chi connectivity index (χ1n) is 5.72. The highest BCUT2D eigenvalue weighted by Gasteiger charge is 2.37. The molecule has 0 radical (unpaired) electrons. The molecule has 1 aliphatic rings. The zero-order valence-electron chi connectivity index (χ0n) is 10.2. The molecule has 17 heavy (non-hydrogen) atoms. The summed E-state index contributed by atoms with van der Waals surface area (Å²) in [5.74, 6) is -1.57. The smallest absolute Gasteiger partial charge is 0.441 e. The molecule has 0 N–H and O–H groups in total. The number of ketones is 1. The van der Waals surface area contributed by atoms with Crippen molar-refractivity contribution in [2.24, 2.45) is 5.92 Å². The van der Waals surface area contributed by atoms with E-state index in [0.717, 1.165) is 13.0 Å². The molecular formula is C11H17N3O3. The van der Waals surface area contributed by atoms with Gasteiger partial charge in [0.05, 0.1) is 6.61 Å². The van der Waals surface area contributed by atoms with Gasteiger partial charge in [-0.25, -0.2) is 4.79 Å². The standard InChI is InChI=1S/C11H17N3O3/c1-3-17-11(16)9(13-12)10(15)8-5-4-6-14(2)7-8/h8H,3-7H2,1-2H3. The number of ether oxygens (including phenoxy) is 1. The number of carbonyl (C=O) groups excluding carboxylic acids is 2. The number of esters is 1. The van der Waals surface area contributed by atoms with Crippen molar-refractivity contribution in [3.05, 3.63) is 5.53 Å². The Balaban J connectivity index is 2.73. The van der Waals surface area contributed by atoms with E-state index in [2.05, 4.69) is 9.53 Å². The van der Waals surface area contributed by atoms with Crippen molar-refractivity contribution >= 4 is 17.5 Å². The number of nitrogens with zero attached hydrogens (tertiary/aromatic N) is 3. The van der Waals surface area contributed by atoms with Crippen molar-refractivity contribution in [1.29, 1.82) is 0 Å². The largest absolute Gasteiger partial charge is 0.457 e. The van der Waals surface area contributed by atoms with Crippen LogP contribution in [0.1, 0.15) is 19.8 Å². The fourth-order valence-electron chi connectivity index (χ4n) is 1.96. The van der Waals surface area contributed by atoms with E-state index in [1.807, 2.05) is 11.9 Å². The van der Waals surface area contributed by atoms with Crippen LogP contribution in [0.4, 0.5) is 0 Å². The maximum absolute atomic E-state index is 12.0. The van der Waals surface area contributed by atoms with E-state index < -0.39 is 17.5 Å². The summed E-state index contributed by atoms with van der Waals surface area (Å²) in [5.41, 5.74) is 8.25. The Labute approximate surface area is 100 Å². The fourth-order valence-corrected chi connectivity index (χ4v) is 1.96. The molecule has 0 aromatic rings. The lowest BCUT2D eigenvalue weighted by Crippen LogP contribution is -2.41. The zero-order chi connectivity index (χ0) is 12.8. The van der Waals surface area contributed by atoms with Gasteiger partial charge in [0.15, 0.2) is 0 Å². The Kier molecular flexibility index (Phi) is 5.00. The van der Waals surface area contributed by atoms with Gasteiger partial charge in [-0.2, -0.15) is 4.79 Å². The van der Waals surface area contributed by atoms with Gasteiger partial charge in [0, 0.05) is 12.5 Å². The molecule has 1 rings (SSSR count). The van der Waals surface area contributed by atoms with Crippen molar-refractivity contribution < 1.29 is 19.1 Å². The van der Waals surface area contributed by atoms with Gasteiger partial charge < -0.3 is 15.2 Å². The summed E-state index contributed by atoms with van der Waals surface area (Å²) in [6.07, 6.45) is 1.61. The third kappa shape index (κ3) is 3.47. The summed E-state index contributed by atoms with van der Waals surface area (Å²) in [6, 6.07) is 0. The number of hydrogen-bond donors (Lipinski definition) is 0. The van der Waals surface area contributed by atoms with Crippen LogP contribution in [0.5, 0.6) is 0 Å². The van der Waals surface area contributed by atoms with Crippen LogP contribution in [0.25, 0.3) is 5.53 Å². The maximum Gasteiger partial charge on any atom is 0.441 e. The molecule has 6 nitrogen and oxygen atoms in total. The number of piperidine rings is 1. The molecule has 0 bridgehead atoms. The Morgan fingerprint density at radius 1 is 1.53 bits per heavy atom. The molecule has 6 heteroatoms. The molecule has 0 aromatic carbocycles. The number of carbonyl (C=O) groups is 2. The minimum Gasteiger partial charge on any atom is -0.457 e. The van der Waals surface area contributed by atoms with E-state index in [4.69, 9.17) is 5.53 Å². The maximum atomic E-state index is 12.0. The fraction of sp³-hybridized carbons (Fsp3) is 0.727. The van der Waals surface area contributed by atoms with Gasteiger partial charge in [0.25, 0.3) is 5.78 Å². The van der Waals surface area contributed by atoms with E-state index in [0.29, 0.717) is 13.0 Å². The van der Waals surface area contributed by atoms with Gasteiger partial charge in [-0.15, -0.1) is 0 Å². The van der Waals surface area contributed by atoms with Crippen molar-refractivity contribution in [2.75, 3.05) is 26.7 Å². The Morgan fingerprint density at radius 3 is 2.76 bits per heavy atom. The van der Waals surface area contributed by atoms with E-state index in [1.54, 1.807) is 6.92 Å². The van der Waals surface area contributed by atoms with E-state index >= 15 is 0 Å². The average Bonchev–Trinajstić information content (AvgIpc) is 2.30. The molecule has 0 aliphatic carbocycles. The Hall–Kier alpha value is -1.52. The van der Waals surface area contributed by atoms with Crippen LogP contribution in [0, 0.1) is 5.92 Å². The summed E-state index contributed by atoms with van der Waals surface area (Å²) in [4.78, 5) is 28.2. The topological polar surface area (TPSA) is 83.0 Å². The second-order valence-electron chi connectivity index (χ2n) is 4.13. The molecule has 94 valence electrons. The van der Waals surface area contributed by atoms with E-state index in [9.17, 15) is 9.59 Å². The highest BCUT2D eigenvalue weighted by atomic mass is 16.5. The second-order valence-corrected chi connectivity index (χ2v) is 4.13. The minimum atomic E-state index is -0.853. The first kappa shape index (κ1) is 13.5. The molecule has 1 saturated heterocycles. The van der Waals surface area contributed by atoms with Crippen LogP contribution in [-0.4, -0.2) is 53.9 Å². The lowest BCUT2D eigenvalue weighted by atomic mass is 9.91. The molecule has 0 saturated carbocycles. The Morgan fingerprint density at radius 2 is 2.24 bits per heavy atom. The van der Waals surface area contributed by atoms with Gasteiger partial charge in [-0.3, -0.25) is 4.79 Å². The molecule has 1 aliphatic heterocycles. The number of Topliss-reactive ketones (excluding diaryl/α,β-unsaturated/α-hetero) is 1. The van der Waals surface area contributed by atoms with E-state index in [1.165, 1.54) is 0 Å². The van der Waals surface area contributed by atoms with Crippen molar-refractivity contribution in [2.45, 2.75) is 19.8 Å². The normalized spacial score (nSPS) is 20.5. The molecule has 1 heterocycles. The lowest BCUT2D eigenvalue weighted by Gasteiger charge is -2.27. The number of hydrogen-bond acceptors (Lipinski definition) is 4. The first-order chi connectivity index (χ1) is 8.10. The molecule has 0 aromatic heterocycles. The van der Waals surface area contributed by atoms with Crippen molar-refractivity contribution in [3.63, 3.8) is 0 Å². The van der Waals surface area contributed by atoms with Gasteiger partial charge in [0.2, 0.25) is 0 Å². The average molecular weight is 239 g/mol. The van der Waals surface area contributed by atoms with Crippen LogP contribution in [0.3, 0.4) is 0 Å². The lowest BCUT2D eigenvalue weighted by molar-refractivity contribution is -0.142. The van der Waals surface area contributed by atoms with Crippen LogP contribution in [-0.2, 0) is 14.3 Å². The van der Waals surface area contributed by atoms with Crippen LogP contribution < -0.4 is 0 Å². The summed E-state index contributed by atoms with van der Waals surface area (Å²) in [5, 5.41) is 0. The summed E-state index contributed by atoms with van der Waals surface area (Å²) >= 11 is 0. The summed E-state index contributed by atoms with van der Waals surface area (Å²) < 4.78 is 4.67. The van der Waals surface area contributed by atoms with Crippen LogP contribution >= 0.6 is 0 Å². The predicted octanol–water partition coefficient (Wildman–Crippen LogP) is 0.131. The summed E-state index contributed by atoms with van der Waals surface area (Å²) in [7, 11) is 1.92. The number of rotatable bonds is 4. The van der Waals surface area contributed by atoms with Gasteiger partial charge >= 0.3 is 11.7 Å². The first-order valence-corrected chi connectivity index (χ1v) is 5.72. The molecular weight excluding hydrogens is 222 g/mol. The molecule has 0 spiro atoms. The Bertz CT molecular complexity index is 361. The van der Waals surface area contributed by atoms with Crippen molar-refractivity contribution in [1.82, 2.24) is 4.90 Å². The van der Waals surface area contributed by atoms with Gasteiger partial charge in [0.1, 0.15) is 0 Å². The number of likely N-dealkylation sites (tertiary alicyclic amines) is 1. The highest BCUT2D eigenvalue weighted by Crippen LogP contribution is 2.16. The third-order valence-corrected chi connectivity index (χ3v) is 2.80. The third-order valence-electron chi connectivity index (χ3n) is 2.80.